The second-order valence-corrected chi connectivity index (χ2v) is 19.9. The zero-order valence-corrected chi connectivity index (χ0v) is 43.8. The van der Waals surface area contributed by atoms with Crippen molar-refractivity contribution in [1.29, 1.82) is 0 Å². The minimum absolute atomic E-state index is 0.0526. The molecule has 0 rings (SSSR count). The zero-order chi connectivity index (χ0) is 48.5. The number of unbranched alkanes of at least 4 members (excludes halogenated alkanes) is 19. The second kappa shape index (κ2) is 47.3. The fourth-order valence-corrected chi connectivity index (χ4v) is 7.50. The summed E-state index contributed by atoms with van der Waals surface area (Å²) in [4.78, 5) is 37.7. The van der Waals surface area contributed by atoms with Gasteiger partial charge in [0.15, 0.2) is 6.10 Å². The summed E-state index contributed by atoms with van der Waals surface area (Å²) in [6.45, 7) is 4.08. The van der Waals surface area contributed by atoms with Crippen molar-refractivity contribution in [1.82, 2.24) is 0 Å². The largest absolute Gasteiger partial charge is 0.756 e. The Morgan fingerprint density at radius 1 is 0.470 bits per heavy atom. The minimum Gasteiger partial charge on any atom is -0.756 e. The number of nitrogens with zero attached hydrogens (tertiary/aromatic N) is 1. The predicted octanol–water partition coefficient (Wildman–Crippen LogP) is 15.3. The van der Waals surface area contributed by atoms with Crippen molar-refractivity contribution in [3.63, 3.8) is 0 Å². The molecule has 0 aromatic heterocycles. The van der Waals surface area contributed by atoms with Crippen LogP contribution in [0.25, 0.3) is 0 Å². The van der Waals surface area contributed by atoms with E-state index in [0.29, 0.717) is 23.9 Å². The van der Waals surface area contributed by atoms with E-state index in [4.69, 9.17) is 18.5 Å². The molecule has 0 aromatic rings. The van der Waals surface area contributed by atoms with Crippen LogP contribution in [-0.2, 0) is 32.7 Å². The van der Waals surface area contributed by atoms with E-state index in [1.165, 1.54) is 116 Å². The SMILES string of the molecule is CCCCC/C=C/C/C=C/C/C=C/C/C=C/C/C=C/CCC(=O)OC[C@H](COP(=O)([O-])OCC[N+](C)(C)C)OC(=O)CCC/C=C/CC/C=C/CCCCCCCCCCCCCCCC. The number of carbonyl (C=O) groups is 2. The Balaban J connectivity index is 4.40. The van der Waals surface area contributed by atoms with Gasteiger partial charge in [-0.05, 0) is 83.5 Å². The van der Waals surface area contributed by atoms with Crippen molar-refractivity contribution >= 4 is 19.8 Å². The monoisotopic (exact) mass is 944 g/mol. The molecule has 9 nitrogen and oxygen atoms in total. The molecule has 1 unspecified atom stereocenters. The summed E-state index contributed by atoms with van der Waals surface area (Å²) in [6.07, 6.45) is 62.2. The van der Waals surface area contributed by atoms with Gasteiger partial charge in [0.2, 0.25) is 0 Å². The number of likely N-dealkylation sites (N-methyl/N-ethyl adjacent to an activating group) is 1. The molecule has 2 atom stereocenters. The number of quaternary nitrogens is 1. The molecule has 0 heterocycles. The van der Waals surface area contributed by atoms with Crippen molar-refractivity contribution < 1.29 is 42.1 Å². The molecule has 0 aliphatic carbocycles. The lowest BCUT2D eigenvalue weighted by atomic mass is 10.0. The van der Waals surface area contributed by atoms with E-state index >= 15 is 0 Å². The van der Waals surface area contributed by atoms with Crippen LogP contribution in [0.15, 0.2) is 85.1 Å². The van der Waals surface area contributed by atoms with Crippen LogP contribution < -0.4 is 4.89 Å². The normalized spacial score (nSPS) is 14.1. The van der Waals surface area contributed by atoms with E-state index < -0.39 is 32.5 Å². The summed E-state index contributed by atoms with van der Waals surface area (Å²) >= 11 is 0. The number of hydrogen-bond acceptors (Lipinski definition) is 8. The van der Waals surface area contributed by atoms with E-state index in [-0.39, 0.29) is 26.1 Å². The Morgan fingerprint density at radius 2 is 0.864 bits per heavy atom. The van der Waals surface area contributed by atoms with Gasteiger partial charge < -0.3 is 27.9 Å². The van der Waals surface area contributed by atoms with Crippen LogP contribution in [-0.4, -0.2) is 70.0 Å². The van der Waals surface area contributed by atoms with Gasteiger partial charge in [-0.3, -0.25) is 14.2 Å². The summed E-state index contributed by atoms with van der Waals surface area (Å²) < 4.78 is 33.9. The lowest BCUT2D eigenvalue weighted by Crippen LogP contribution is -2.37. The smallest absolute Gasteiger partial charge is 0.306 e. The number of hydrogen-bond donors (Lipinski definition) is 0. The van der Waals surface area contributed by atoms with Crippen LogP contribution in [0.2, 0.25) is 0 Å². The fraction of sp³-hybridized carbons (Fsp3) is 0.714. The third kappa shape index (κ3) is 50.6. The van der Waals surface area contributed by atoms with E-state index in [1.54, 1.807) is 0 Å². The van der Waals surface area contributed by atoms with Crippen LogP contribution in [0, 0.1) is 0 Å². The van der Waals surface area contributed by atoms with E-state index in [1.807, 2.05) is 33.3 Å². The van der Waals surface area contributed by atoms with Gasteiger partial charge in [-0.1, -0.05) is 195 Å². The molecule has 10 heteroatoms. The van der Waals surface area contributed by atoms with E-state index in [0.717, 1.165) is 51.4 Å². The molecule has 0 amide bonds. The second-order valence-electron chi connectivity index (χ2n) is 18.5. The predicted molar refractivity (Wildman–Crippen MR) is 277 cm³/mol. The van der Waals surface area contributed by atoms with Crippen molar-refractivity contribution in [2.24, 2.45) is 0 Å². The highest BCUT2D eigenvalue weighted by atomic mass is 31.2. The maximum Gasteiger partial charge on any atom is 0.306 e. The molecular weight excluding hydrogens is 846 g/mol. The van der Waals surface area contributed by atoms with Crippen LogP contribution in [0.1, 0.15) is 206 Å². The van der Waals surface area contributed by atoms with Gasteiger partial charge in [-0.2, -0.15) is 0 Å². The first-order valence-corrected chi connectivity index (χ1v) is 27.8. The number of phosphoric ester groups is 1. The molecular formula is C56H98NO8P. The van der Waals surface area contributed by atoms with Crippen molar-refractivity contribution in [3.05, 3.63) is 85.1 Å². The molecule has 0 bridgehead atoms. The lowest BCUT2D eigenvalue weighted by Gasteiger charge is -2.28. The number of phosphoric acid groups is 1. The van der Waals surface area contributed by atoms with E-state index in [9.17, 15) is 19.0 Å². The van der Waals surface area contributed by atoms with Gasteiger partial charge in [0.25, 0.3) is 7.82 Å². The highest BCUT2D eigenvalue weighted by Crippen LogP contribution is 2.38. The topological polar surface area (TPSA) is 111 Å². The first-order valence-electron chi connectivity index (χ1n) is 26.3. The number of allylic oxidation sites excluding steroid dienone is 14. The summed E-state index contributed by atoms with van der Waals surface area (Å²) in [7, 11) is 1.10. The molecule has 66 heavy (non-hydrogen) atoms. The molecule has 0 aliphatic rings. The third-order valence-corrected chi connectivity index (χ3v) is 11.8. The maximum atomic E-state index is 12.7. The van der Waals surface area contributed by atoms with Crippen molar-refractivity contribution in [3.8, 4) is 0 Å². The van der Waals surface area contributed by atoms with Gasteiger partial charge in [0.05, 0.1) is 27.7 Å². The van der Waals surface area contributed by atoms with Crippen LogP contribution in [0.5, 0.6) is 0 Å². The molecule has 0 spiro atoms. The molecule has 0 aromatic carbocycles. The highest BCUT2D eigenvalue weighted by Gasteiger charge is 2.21. The lowest BCUT2D eigenvalue weighted by molar-refractivity contribution is -0.870. The molecule has 0 radical (unpaired) electrons. The first-order chi connectivity index (χ1) is 32.0. The molecule has 0 fully saturated rings. The Kier molecular flexibility index (Phi) is 45.3. The molecule has 0 aliphatic heterocycles. The number of ether oxygens (including phenoxy) is 2. The van der Waals surface area contributed by atoms with Crippen LogP contribution in [0.4, 0.5) is 0 Å². The van der Waals surface area contributed by atoms with Crippen molar-refractivity contribution in [2.45, 2.75) is 213 Å². The highest BCUT2D eigenvalue weighted by molar-refractivity contribution is 7.45. The van der Waals surface area contributed by atoms with Crippen LogP contribution in [0.3, 0.4) is 0 Å². The zero-order valence-electron chi connectivity index (χ0n) is 42.9. The number of rotatable bonds is 47. The number of carbonyl (C=O) groups excluding carboxylic acids is 2. The van der Waals surface area contributed by atoms with Crippen molar-refractivity contribution in [2.75, 3.05) is 47.5 Å². The molecule has 380 valence electrons. The summed E-state index contributed by atoms with van der Waals surface area (Å²) in [5.41, 5.74) is 0. The molecule has 0 saturated carbocycles. The number of esters is 2. The van der Waals surface area contributed by atoms with E-state index in [2.05, 4.69) is 86.8 Å². The summed E-state index contributed by atoms with van der Waals surface area (Å²) in [5.74, 6) is -0.983. The van der Waals surface area contributed by atoms with Gasteiger partial charge >= 0.3 is 11.9 Å². The quantitative estimate of drug-likeness (QED) is 0.0195. The summed E-state index contributed by atoms with van der Waals surface area (Å²) in [5, 5.41) is 0. The Hall–Kier alpha value is -2.81. The average Bonchev–Trinajstić information content (AvgIpc) is 3.27. The molecule has 0 N–H and O–H groups in total. The fourth-order valence-electron chi connectivity index (χ4n) is 6.78. The first kappa shape index (κ1) is 63.2. The van der Waals surface area contributed by atoms with Crippen LogP contribution >= 0.6 is 7.82 Å². The summed E-state index contributed by atoms with van der Waals surface area (Å²) in [6, 6.07) is 0. The Bertz CT molecular complexity index is 1390. The minimum atomic E-state index is -4.66. The Morgan fingerprint density at radius 3 is 1.36 bits per heavy atom. The van der Waals surface area contributed by atoms with Gasteiger partial charge in [-0.15, -0.1) is 0 Å². The molecule has 0 saturated heterocycles. The van der Waals surface area contributed by atoms with Gasteiger partial charge in [0, 0.05) is 12.8 Å². The maximum absolute atomic E-state index is 12.7. The Labute approximate surface area is 405 Å². The average molecular weight is 944 g/mol. The van der Waals surface area contributed by atoms with Gasteiger partial charge in [0.1, 0.15) is 19.8 Å². The standard InChI is InChI=1S/C56H98NO8P/c1-6-8-10-12-14-16-18-20-22-24-26-27-28-29-31-33-35-37-39-41-43-45-47-49-56(59)65-54(53-64-66(60,61)63-51-50-57(3,4)5)52-62-55(58)48-46-44-42-40-38-36-34-32-30-25-23-21-19-17-15-13-11-9-7-2/h15,17,21,23,30,32-33,35-36,38,41-44,54H,6-14,16,18-20,22,24-29,31,34,37,39-40,45-53H2,1-5H3/b17-15+,23-21+,32-30+,35-33+,38-36+,43-41+,44-42+/t54-/m1/s1. The van der Waals surface area contributed by atoms with Gasteiger partial charge in [-0.25, -0.2) is 0 Å². The third-order valence-electron chi connectivity index (χ3n) is 10.9.